The van der Waals surface area contributed by atoms with Gasteiger partial charge in [-0.2, -0.15) is 8.78 Å². The average molecular weight is 399 g/mol. The Kier molecular flexibility index (Phi) is 7.38. The van der Waals surface area contributed by atoms with E-state index in [1.165, 1.54) is 19.2 Å². The first-order valence-corrected chi connectivity index (χ1v) is 8.56. The second-order valence-corrected chi connectivity index (χ2v) is 6.38. The van der Waals surface area contributed by atoms with Gasteiger partial charge in [0.2, 0.25) is 5.91 Å². The fourth-order valence-corrected chi connectivity index (χ4v) is 2.59. The molecule has 1 amide bonds. The lowest BCUT2D eigenvalue weighted by Gasteiger charge is -2.24. The van der Waals surface area contributed by atoms with Crippen LogP contribution in [0.3, 0.4) is 0 Å². The minimum atomic E-state index is -2.86. The number of benzene rings is 2. The third-order valence-corrected chi connectivity index (χ3v) is 4.28. The maximum Gasteiger partial charge on any atom is 0.387 e. The number of amides is 1. The molecule has 0 aliphatic carbocycles. The number of hydrogen-bond acceptors (Lipinski definition) is 4. The topological polar surface area (TPSA) is 50.8 Å². The highest BCUT2D eigenvalue weighted by molar-refractivity contribution is 6.31. The molecule has 0 unspecified atom stereocenters. The molecule has 0 saturated carbocycles. The Morgan fingerprint density at radius 1 is 1.22 bits per heavy atom. The van der Waals surface area contributed by atoms with E-state index in [1.807, 2.05) is 4.90 Å². The predicted octanol–water partition coefficient (Wildman–Crippen LogP) is 4.41. The summed E-state index contributed by atoms with van der Waals surface area (Å²) in [4.78, 5) is 14.4. The number of rotatable bonds is 8. The van der Waals surface area contributed by atoms with E-state index in [0.29, 0.717) is 23.0 Å². The van der Waals surface area contributed by atoms with Gasteiger partial charge in [0, 0.05) is 11.6 Å². The lowest BCUT2D eigenvalue weighted by Crippen LogP contribution is -2.39. The van der Waals surface area contributed by atoms with Crippen LogP contribution in [0.15, 0.2) is 42.5 Å². The van der Waals surface area contributed by atoms with Crippen LogP contribution in [0.1, 0.15) is 12.5 Å². The van der Waals surface area contributed by atoms with E-state index in [-0.39, 0.29) is 11.7 Å². The second kappa shape index (κ2) is 9.53. The van der Waals surface area contributed by atoms with E-state index >= 15 is 0 Å². The van der Waals surface area contributed by atoms with Crippen LogP contribution in [-0.4, -0.2) is 37.6 Å². The molecule has 1 atom stereocenters. The summed E-state index contributed by atoms with van der Waals surface area (Å²) in [6.07, 6.45) is 0. The Morgan fingerprint density at radius 3 is 2.48 bits per heavy atom. The van der Waals surface area contributed by atoms with Crippen LogP contribution in [0.4, 0.5) is 14.5 Å². The molecule has 0 heterocycles. The maximum absolute atomic E-state index is 12.5. The Morgan fingerprint density at radius 2 is 1.89 bits per heavy atom. The van der Waals surface area contributed by atoms with E-state index in [9.17, 15) is 13.6 Å². The highest BCUT2D eigenvalue weighted by atomic mass is 35.5. The van der Waals surface area contributed by atoms with Gasteiger partial charge < -0.3 is 14.8 Å². The van der Waals surface area contributed by atoms with E-state index in [0.717, 1.165) is 5.56 Å². The fraction of sp³-hybridized carbons (Fsp3) is 0.316. The van der Waals surface area contributed by atoms with Crippen molar-refractivity contribution in [3.8, 4) is 11.5 Å². The van der Waals surface area contributed by atoms with Crippen molar-refractivity contribution < 1.29 is 23.0 Å². The number of methoxy groups -OCH3 is 1. The van der Waals surface area contributed by atoms with Crippen LogP contribution < -0.4 is 14.8 Å². The third-order valence-electron chi connectivity index (χ3n) is 4.04. The lowest BCUT2D eigenvalue weighted by atomic mass is 10.1. The molecular weight excluding hydrogens is 378 g/mol. The van der Waals surface area contributed by atoms with Crippen LogP contribution in [-0.2, 0) is 11.3 Å². The van der Waals surface area contributed by atoms with Crippen molar-refractivity contribution in [1.82, 2.24) is 4.90 Å². The number of nitrogens with one attached hydrogen (secondary N) is 1. The third kappa shape index (κ3) is 6.08. The molecule has 2 aromatic carbocycles. The summed E-state index contributed by atoms with van der Waals surface area (Å²) in [6.45, 7) is -0.637. The number of likely N-dealkylation sites (N-methyl/N-ethyl adjacent to an activating group) is 1. The van der Waals surface area contributed by atoms with Gasteiger partial charge in [-0.15, -0.1) is 0 Å². The summed E-state index contributed by atoms with van der Waals surface area (Å²) in [5.74, 6) is 0.378. The lowest BCUT2D eigenvalue weighted by molar-refractivity contribution is -0.120. The van der Waals surface area contributed by atoms with Crippen molar-refractivity contribution in [1.29, 1.82) is 0 Å². The second-order valence-electron chi connectivity index (χ2n) is 5.95. The van der Waals surface area contributed by atoms with Gasteiger partial charge in [-0.1, -0.05) is 23.7 Å². The van der Waals surface area contributed by atoms with E-state index in [4.69, 9.17) is 16.3 Å². The van der Waals surface area contributed by atoms with Gasteiger partial charge in [0.25, 0.3) is 0 Å². The van der Waals surface area contributed by atoms with Crippen LogP contribution in [0.5, 0.6) is 11.5 Å². The SMILES string of the molecule is COc1ccc(Cl)cc1NC(=O)[C@@H](C)N(C)Cc1ccc(OC(F)F)cc1. The Hall–Kier alpha value is -2.38. The van der Waals surface area contributed by atoms with Gasteiger partial charge in [0.15, 0.2) is 0 Å². The molecule has 2 aromatic rings. The first-order valence-electron chi connectivity index (χ1n) is 8.18. The largest absolute Gasteiger partial charge is 0.495 e. The maximum atomic E-state index is 12.5. The molecule has 0 aliphatic heterocycles. The zero-order valence-electron chi connectivity index (χ0n) is 15.2. The first kappa shape index (κ1) is 20.9. The molecule has 0 bridgehead atoms. The van der Waals surface area contributed by atoms with Crippen molar-refractivity contribution in [3.05, 3.63) is 53.1 Å². The molecule has 0 aromatic heterocycles. The zero-order valence-corrected chi connectivity index (χ0v) is 16.0. The van der Waals surface area contributed by atoms with Crippen molar-refractivity contribution in [3.63, 3.8) is 0 Å². The monoisotopic (exact) mass is 398 g/mol. The number of hydrogen-bond donors (Lipinski definition) is 1. The Labute approximate surface area is 161 Å². The van der Waals surface area contributed by atoms with Crippen molar-refractivity contribution in [2.24, 2.45) is 0 Å². The number of carbonyl (C=O) groups is 1. The molecular formula is C19H21ClF2N2O3. The summed E-state index contributed by atoms with van der Waals surface area (Å²) in [5, 5.41) is 3.29. The Balaban J connectivity index is 1.99. The van der Waals surface area contributed by atoms with Gasteiger partial charge in [0.1, 0.15) is 11.5 Å². The Bertz CT molecular complexity index is 772. The summed E-state index contributed by atoms with van der Waals surface area (Å²) < 4.78 is 33.9. The summed E-state index contributed by atoms with van der Waals surface area (Å²) in [7, 11) is 3.30. The van der Waals surface area contributed by atoms with E-state index in [2.05, 4.69) is 10.1 Å². The van der Waals surface area contributed by atoms with Gasteiger partial charge in [-0.3, -0.25) is 9.69 Å². The zero-order chi connectivity index (χ0) is 20.0. The molecule has 0 radical (unpaired) electrons. The molecule has 27 heavy (non-hydrogen) atoms. The molecule has 1 N–H and O–H groups in total. The van der Waals surface area contributed by atoms with Gasteiger partial charge in [-0.25, -0.2) is 0 Å². The van der Waals surface area contributed by atoms with Gasteiger partial charge >= 0.3 is 6.61 Å². The standard InChI is InChI=1S/C19H21ClF2N2O3/c1-12(18(25)23-16-10-14(20)6-9-17(16)26-3)24(2)11-13-4-7-15(8-5-13)27-19(21)22/h4-10,12,19H,11H2,1-3H3,(H,23,25)/t12-/m1/s1. The molecule has 5 nitrogen and oxygen atoms in total. The van der Waals surface area contributed by atoms with E-state index in [1.54, 1.807) is 44.3 Å². The highest BCUT2D eigenvalue weighted by Gasteiger charge is 2.20. The number of carbonyl (C=O) groups excluding carboxylic acids is 1. The minimum absolute atomic E-state index is 0.0928. The molecule has 8 heteroatoms. The summed E-state index contributed by atoms with van der Waals surface area (Å²) >= 11 is 5.98. The molecule has 0 spiro atoms. The minimum Gasteiger partial charge on any atom is -0.495 e. The fourth-order valence-electron chi connectivity index (χ4n) is 2.42. The number of anilines is 1. The predicted molar refractivity (Wildman–Crippen MR) is 101 cm³/mol. The van der Waals surface area contributed by atoms with E-state index < -0.39 is 12.7 Å². The van der Waals surface area contributed by atoms with Crippen LogP contribution in [0.25, 0.3) is 0 Å². The van der Waals surface area contributed by atoms with Gasteiger partial charge in [0.05, 0.1) is 18.8 Å². The molecule has 2 rings (SSSR count). The molecule has 0 saturated heterocycles. The summed E-state index contributed by atoms with van der Waals surface area (Å²) in [5.41, 5.74) is 1.35. The average Bonchev–Trinajstić information content (AvgIpc) is 2.62. The quantitative estimate of drug-likeness (QED) is 0.715. The number of ether oxygens (including phenoxy) is 2. The molecule has 0 aliphatic rings. The molecule has 146 valence electrons. The van der Waals surface area contributed by atoms with Crippen molar-refractivity contribution in [2.45, 2.75) is 26.1 Å². The number of nitrogens with zero attached hydrogens (tertiary/aromatic N) is 1. The number of alkyl halides is 2. The number of halogens is 3. The molecule has 0 fully saturated rings. The van der Waals surface area contributed by atoms with Crippen LogP contribution in [0, 0.1) is 0 Å². The normalized spacial score (nSPS) is 12.1. The van der Waals surface area contributed by atoms with Crippen molar-refractivity contribution in [2.75, 3.05) is 19.5 Å². The van der Waals surface area contributed by atoms with Crippen LogP contribution in [0.2, 0.25) is 5.02 Å². The first-order chi connectivity index (χ1) is 12.8. The van der Waals surface area contributed by atoms with Crippen molar-refractivity contribution >= 4 is 23.2 Å². The highest BCUT2D eigenvalue weighted by Crippen LogP contribution is 2.28. The van der Waals surface area contributed by atoms with Crippen LogP contribution >= 0.6 is 11.6 Å². The summed E-state index contributed by atoms with van der Waals surface area (Å²) in [6, 6.07) is 10.8. The smallest absolute Gasteiger partial charge is 0.387 e. The van der Waals surface area contributed by atoms with Gasteiger partial charge in [-0.05, 0) is 49.9 Å².